The first kappa shape index (κ1) is 13.8. The third-order valence-electron chi connectivity index (χ3n) is 3.35. The molecule has 1 aliphatic heterocycles. The summed E-state index contributed by atoms with van der Waals surface area (Å²) in [5.41, 5.74) is 6.96. The summed E-state index contributed by atoms with van der Waals surface area (Å²) in [5.74, 6) is 1.31. The topological polar surface area (TPSA) is 79.2 Å². The highest BCUT2D eigenvalue weighted by atomic mass is 16.4. The minimum atomic E-state index is -0.00402. The lowest BCUT2D eigenvalue weighted by atomic mass is 10.2. The summed E-state index contributed by atoms with van der Waals surface area (Å²) in [5, 5.41) is 2.91. The van der Waals surface area contributed by atoms with Crippen LogP contribution in [-0.4, -0.2) is 23.6 Å². The maximum Gasteiger partial charge on any atom is 0.221 e. The van der Waals surface area contributed by atoms with Crippen LogP contribution in [0.15, 0.2) is 40.9 Å². The van der Waals surface area contributed by atoms with Gasteiger partial charge in [0.15, 0.2) is 11.7 Å². The van der Waals surface area contributed by atoms with E-state index < -0.39 is 0 Å². The number of hydrazine groups is 1. The van der Waals surface area contributed by atoms with E-state index in [1.165, 1.54) is 0 Å². The Hall–Kier alpha value is -2.18. The molecule has 6 heteroatoms. The highest BCUT2D eigenvalue weighted by Crippen LogP contribution is 2.20. The zero-order valence-electron chi connectivity index (χ0n) is 11.6. The Labute approximate surface area is 122 Å². The van der Waals surface area contributed by atoms with Crippen LogP contribution in [0.5, 0.6) is 0 Å². The van der Waals surface area contributed by atoms with Gasteiger partial charge >= 0.3 is 0 Å². The largest absolute Gasteiger partial charge is 0.441 e. The number of aryl methyl sites for hydroxylation is 1. The molecule has 0 saturated carbocycles. The van der Waals surface area contributed by atoms with E-state index in [1.54, 1.807) is 6.20 Å². The standard InChI is InChI=1S/C15H18N4O2/c20-14(18-13-8-9-17-19-13)6-7-15-16-10-12(21-15)11-4-2-1-3-5-11/h1-5,10,13,17,19H,6-9H2,(H,18,20). The molecule has 1 fully saturated rings. The molecule has 1 aromatic carbocycles. The molecule has 1 amide bonds. The predicted molar refractivity (Wildman–Crippen MR) is 77.9 cm³/mol. The first-order valence-corrected chi connectivity index (χ1v) is 7.09. The number of carbonyl (C=O) groups is 1. The molecule has 3 N–H and O–H groups in total. The zero-order valence-corrected chi connectivity index (χ0v) is 11.6. The van der Waals surface area contributed by atoms with E-state index in [0.717, 1.165) is 24.3 Å². The van der Waals surface area contributed by atoms with Gasteiger partial charge in [0.25, 0.3) is 0 Å². The lowest BCUT2D eigenvalue weighted by Crippen LogP contribution is -2.44. The molecule has 0 spiro atoms. The normalized spacial score (nSPS) is 17.8. The quantitative estimate of drug-likeness (QED) is 0.770. The Morgan fingerprint density at radius 3 is 3.00 bits per heavy atom. The van der Waals surface area contributed by atoms with Gasteiger partial charge in [0.05, 0.1) is 12.4 Å². The van der Waals surface area contributed by atoms with Crippen molar-refractivity contribution in [2.75, 3.05) is 6.54 Å². The molecule has 3 rings (SSSR count). The van der Waals surface area contributed by atoms with Crippen molar-refractivity contribution < 1.29 is 9.21 Å². The number of aromatic nitrogens is 1. The van der Waals surface area contributed by atoms with Crippen molar-refractivity contribution in [3.8, 4) is 11.3 Å². The highest BCUT2D eigenvalue weighted by molar-refractivity contribution is 5.76. The van der Waals surface area contributed by atoms with Gasteiger partial charge in [-0.15, -0.1) is 0 Å². The molecule has 110 valence electrons. The molecule has 1 saturated heterocycles. The number of nitrogens with one attached hydrogen (secondary N) is 3. The maximum absolute atomic E-state index is 11.8. The number of nitrogens with zero attached hydrogens (tertiary/aromatic N) is 1. The van der Waals surface area contributed by atoms with Gasteiger partial charge in [-0.25, -0.2) is 10.4 Å². The van der Waals surface area contributed by atoms with Gasteiger partial charge in [-0.05, 0) is 6.42 Å². The number of benzene rings is 1. The van der Waals surface area contributed by atoms with Crippen LogP contribution in [0.2, 0.25) is 0 Å². The summed E-state index contributed by atoms with van der Waals surface area (Å²) in [6.07, 6.45) is 3.47. The summed E-state index contributed by atoms with van der Waals surface area (Å²) in [6, 6.07) is 9.80. The molecule has 1 aliphatic rings. The SMILES string of the molecule is O=C(CCc1ncc(-c2ccccc2)o1)NC1CCNN1. The van der Waals surface area contributed by atoms with Crippen molar-refractivity contribution in [2.45, 2.75) is 25.4 Å². The van der Waals surface area contributed by atoms with E-state index >= 15 is 0 Å². The smallest absolute Gasteiger partial charge is 0.221 e. The van der Waals surface area contributed by atoms with Gasteiger partial charge in [-0.1, -0.05) is 30.3 Å². The van der Waals surface area contributed by atoms with Crippen LogP contribution in [0.1, 0.15) is 18.7 Å². The van der Waals surface area contributed by atoms with Gasteiger partial charge in [0.1, 0.15) is 0 Å². The average molecular weight is 286 g/mol. The summed E-state index contributed by atoms with van der Waals surface area (Å²) in [6.45, 7) is 0.866. The highest BCUT2D eigenvalue weighted by Gasteiger charge is 2.16. The van der Waals surface area contributed by atoms with Crippen LogP contribution in [-0.2, 0) is 11.2 Å². The average Bonchev–Trinajstić information content (AvgIpc) is 3.17. The summed E-state index contributed by atoms with van der Waals surface area (Å²) >= 11 is 0. The summed E-state index contributed by atoms with van der Waals surface area (Å²) in [7, 11) is 0. The van der Waals surface area contributed by atoms with Gasteiger partial charge < -0.3 is 9.73 Å². The Balaban J connectivity index is 1.51. The van der Waals surface area contributed by atoms with E-state index in [4.69, 9.17) is 4.42 Å². The van der Waals surface area contributed by atoms with Crippen molar-refractivity contribution >= 4 is 5.91 Å². The van der Waals surface area contributed by atoms with Crippen LogP contribution in [0, 0.1) is 0 Å². The molecule has 0 aliphatic carbocycles. The molecule has 1 unspecified atom stereocenters. The number of amides is 1. The van der Waals surface area contributed by atoms with Crippen LogP contribution in [0.4, 0.5) is 0 Å². The second-order valence-corrected chi connectivity index (χ2v) is 4.96. The first-order valence-electron chi connectivity index (χ1n) is 7.09. The second-order valence-electron chi connectivity index (χ2n) is 4.96. The predicted octanol–water partition coefficient (Wildman–Crippen LogP) is 1.21. The molecule has 0 radical (unpaired) electrons. The van der Waals surface area contributed by atoms with Crippen molar-refractivity contribution in [1.82, 2.24) is 21.2 Å². The van der Waals surface area contributed by atoms with Crippen molar-refractivity contribution in [2.24, 2.45) is 0 Å². The lowest BCUT2D eigenvalue weighted by molar-refractivity contribution is -0.122. The Morgan fingerprint density at radius 1 is 1.38 bits per heavy atom. The fourth-order valence-corrected chi connectivity index (χ4v) is 2.24. The Kier molecular flexibility index (Phi) is 4.28. The second kappa shape index (κ2) is 6.51. The third kappa shape index (κ3) is 3.68. The van der Waals surface area contributed by atoms with Gasteiger partial charge in [0.2, 0.25) is 5.91 Å². The van der Waals surface area contributed by atoms with Crippen molar-refractivity contribution in [3.63, 3.8) is 0 Å². The number of hydrogen-bond donors (Lipinski definition) is 3. The fraction of sp³-hybridized carbons (Fsp3) is 0.333. The van der Waals surface area contributed by atoms with Crippen molar-refractivity contribution in [1.29, 1.82) is 0 Å². The van der Waals surface area contributed by atoms with Gasteiger partial charge in [-0.2, -0.15) is 0 Å². The van der Waals surface area contributed by atoms with Crippen LogP contribution in [0.3, 0.4) is 0 Å². The van der Waals surface area contributed by atoms with E-state index in [9.17, 15) is 4.79 Å². The number of hydrogen-bond acceptors (Lipinski definition) is 5. The number of carbonyl (C=O) groups excluding carboxylic acids is 1. The minimum Gasteiger partial charge on any atom is -0.441 e. The van der Waals surface area contributed by atoms with Crippen molar-refractivity contribution in [3.05, 3.63) is 42.4 Å². The van der Waals surface area contributed by atoms with E-state index in [0.29, 0.717) is 18.7 Å². The summed E-state index contributed by atoms with van der Waals surface area (Å²) in [4.78, 5) is 16.0. The van der Waals surface area contributed by atoms with Gasteiger partial charge in [0, 0.05) is 24.9 Å². The van der Waals surface area contributed by atoms with Crippen LogP contribution < -0.4 is 16.2 Å². The molecule has 21 heavy (non-hydrogen) atoms. The molecular weight excluding hydrogens is 268 g/mol. The van der Waals surface area contributed by atoms with E-state index in [-0.39, 0.29) is 12.1 Å². The zero-order chi connectivity index (χ0) is 14.5. The molecule has 0 bridgehead atoms. The Bertz CT molecular complexity index is 591. The third-order valence-corrected chi connectivity index (χ3v) is 3.35. The van der Waals surface area contributed by atoms with E-state index in [2.05, 4.69) is 21.2 Å². The maximum atomic E-state index is 11.8. The molecule has 2 aromatic rings. The monoisotopic (exact) mass is 286 g/mol. The van der Waals surface area contributed by atoms with E-state index in [1.807, 2.05) is 30.3 Å². The fourth-order valence-electron chi connectivity index (χ4n) is 2.24. The number of oxazole rings is 1. The lowest BCUT2D eigenvalue weighted by Gasteiger charge is -2.11. The molecular formula is C15H18N4O2. The first-order chi connectivity index (χ1) is 10.3. The van der Waals surface area contributed by atoms with Gasteiger partial charge in [-0.3, -0.25) is 10.2 Å². The molecule has 6 nitrogen and oxygen atoms in total. The van der Waals surface area contributed by atoms with Crippen LogP contribution in [0.25, 0.3) is 11.3 Å². The molecule has 1 atom stereocenters. The number of rotatable bonds is 5. The Morgan fingerprint density at radius 2 is 2.24 bits per heavy atom. The minimum absolute atomic E-state index is 0.00402. The van der Waals surface area contributed by atoms with Crippen LogP contribution >= 0.6 is 0 Å². The molecule has 2 heterocycles. The summed E-state index contributed by atoms with van der Waals surface area (Å²) < 4.78 is 5.67. The molecule has 1 aromatic heterocycles.